The Morgan fingerprint density at radius 3 is 2.73 bits per heavy atom. The van der Waals surface area contributed by atoms with E-state index in [-0.39, 0.29) is 5.91 Å². The maximum absolute atomic E-state index is 12.0. The molecule has 1 aromatic heterocycles. The molecule has 0 unspecified atom stereocenters. The van der Waals surface area contributed by atoms with Gasteiger partial charge >= 0.3 is 0 Å². The molecule has 4 heteroatoms. The van der Waals surface area contributed by atoms with E-state index in [1.165, 1.54) is 0 Å². The summed E-state index contributed by atoms with van der Waals surface area (Å²) in [6, 6.07) is 1.93. The van der Waals surface area contributed by atoms with Crippen LogP contribution in [0.4, 0.5) is 0 Å². The van der Waals surface area contributed by atoms with Crippen molar-refractivity contribution >= 4 is 21.8 Å². The number of pyridine rings is 1. The van der Waals surface area contributed by atoms with E-state index in [0.717, 1.165) is 36.0 Å². The van der Waals surface area contributed by atoms with Gasteiger partial charge in [0.05, 0.1) is 0 Å². The molecule has 2 heterocycles. The van der Waals surface area contributed by atoms with Crippen LogP contribution in [0.15, 0.2) is 16.7 Å². The largest absolute Gasteiger partial charge is 0.337 e. The Hall–Kier alpha value is -0.900. The number of likely N-dealkylation sites (tertiary alicyclic amines) is 1. The lowest BCUT2D eigenvalue weighted by Crippen LogP contribution is -2.28. The third-order valence-corrected chi connectivity index (χ3v) is 3.18. The van der Waals surface area contributed by atoms with Crippen LogP contribution in [0.1, 0.15) is 28.9 Å². The Labute approximate surface area is 97.6 Å². The number of halogens is 1. The molecule has 0 bridgehead atoms. The number of carbonyl (C=O) groups is 1. The molecule has 0 N–H and O–H groups in total. The first-order valence-corrected chi connectivity index (χ1v) is 5.89. The molecule has 1 amide bonds. The number of carbonyl (C=O) groups excluding carboxylic acids is 1. The van der Waals surface area contributed by atoms with Crippen molar-refractivity contribution in [3.8, 4) is 0 Å². The van der Waals surface area contributed by atoms with E-state index in [9.17, 15) is 4.79 Å². The lowest BCUT2D eigenvalue weighted by atomic mass is 10.2. The van der Waals surface area contributed by atoms with Crippen LogP contribution >= 0.6 is 15.9 Å². The molecule has 3 nitrogen and oxygen atoms in total. The van der Waals surface area contributed by atoms with Crippen molar-refractivity contribution in [3.05, 3.63) is 28.0 Å². The summed E-state index contributed by atoms with van der Waals surface area (Å²) in [5, 5.41) is 0. The number of hydrogen-bond acceptors (Lipinski definition) is 2. The number of amides is 1. The molecule has 15 heavy (non-hydrogen) atoms. The maximum Gasteiger partial charge on any atom is 0.273 e. The third kappa shape index (κ3) is 2.20. The minimum absolute atomic E-state index is 0.0411. The number of hydrogen-bond donors (Lipinski definition) is 0. The molecule has 0 atom stereocenters. The van der Waals surface area contributed by atoms with Crippen LogP contribution < -0.4 is 0 Å². The standard InChI is InChI=1S/C11H13BrN2O/c1-8-6-9(12)10(13-7-8)11(15)14-4-2-3-5-14/h6-7H,2-5H2,1H3. The highest BCUT2D eigenvalue weighted by Gasteiger charge is 2.22. The summed E-state index contributed by atoms with van der Waals surface area (Å²) < 4.78 is 0.791. The normalized spacial score (nSPS) is 15.7. The van der Waals surface area contributed by atoms with Crippen molar-refractivity contribution in [1.29, 1.82) is 0 Å². The Morgan fingerprint density at radius 1 is 1.47 bits per heavy atom. The van der Waals surface area contributed by atoms with Crippen LogP contribution in [0.2, 0.25) is 0 Å². The Balaban J connectivity index is 2.24. The van der Waals surface area contributed by atoms with E-state index in [1.807, 2.05) is 17.9 Å². The minimum Gasteiger partial charge on any atom is -0.337 e. The van der Waals surface area contributed by atoms with Crippen LogP contribution in [-0.2, 0) is 0 Å². The van der Waals surface area contributed by atoms with E-state index in [1.54, 1.807) is 6.20 Å². The van der Waals surface area contributed by atoms with Crippen molar-refractivity contribution in [3.63, 3.8) is 0 Å². The molecular weight excluding hydrogens is 256 g/mol. The van der Waals surface area contributed by atoms with Gasteiger partial charge in [-0.25, -0.2) is 4.98 Å². The van der Waals surface area contributed by atoms with Crippen molar-refractivity contribution < 1.29 is 4.79 Å². The third-order valence-electron chi connectivity index (χ3n) is 2.57. The van der Waals surface area contributed by atoms with Gasteiger partial charge in [0, 0.05) is 23.8 Å². The number of aryl methyl sites for hydroxylation is 1. The zero-order valence-electron chi connectivity index (χ0n) is 8.66. The zero-order chi connectivity index (χ0) is 10.8. The monoisotopic (exact) mass is 268 g/mol. The molecule has 2 rings (SSSR count). The molecule has 1 aliphatic heterocycles. The molecule has 0 radical (unpaired) electrons. The summed E-state index contributed by atoms with van der Waals surface area (Å²) in [7, 11) is 0. The first-order valence-electron chi connectivity index (χ1n) is 5.10. The fraction of sp³-hybridized carbons (Fsp3) is 0.455. The van der Waals surface area contributed by atoms with Gasteiger partial charge in [0.2, 0.25) is 0 Å². The van der Waals surface area contributed by atoms with E-state index < -0.39 is 0 Å². The second-order valence-electron chi connectivity index (χ2n) is 3.84. The van der Waals surface area contributed by atoms with Gasteiger partial charge in [-0.3, -0.25) is 4.79 Å². The number of rotatable bonds is 1. The molecule has 1 aliphatic rings. The number of nitrogens with zero attached hydrogens (tertiary/aromatic N) is 2. The minimum atomic E-state index is 0.0411. The molecule has 1 aromatic rings. The van der Waals surface area contributed by atoms with Crippen molar-refractivity contribution in [1.82, 2.24) is 9.88 Å². The Kier molecular flexibility index (Phi) is 3.05. The Morgan fingerprint density at radius 2 is 2.13 bits per heavy atom. The second kappa shape index (κ2) is 4.31. The summed E-state index contributed by atoms with van der Waals surface area (Å²) in [5.74, 6) is 0.0411. The zero-order valence-corrected chi connectivity index (χ0v) is 10.2. The van der Waals surface area contributed by atoms with E-state index in [4.69, 9.17) is 0 Å². The topological polar surface area (TPSA) is 33.2 Å². The summed E-state index contributed by atoms with van der Waals surface area (Å²) in [6.07, 6.45) is 3.94. The molecule has 80 valence electrons. The van der Waals surface area contributed by atoms with Crippen LogP contribution in [0.5, 0.6) is 0 Å². The van der Waals surface area contributed by atoms with E-state index in [0.29, 0.717) is 5.69 Å². The summed E-state index contributed by atoms with van der Waals surface area (Å²) >= 11 is 3.38. The summed E-state index contributed by atoms with van der Waals surface area (Å²) in [6.45, 7) is 3.68. The van der Waals surface area contributed by atoms with Crippen molar-refractivity contribution in [2.75, 3.05) is 13.1 Å². The average Bonchev–Trinajstić information content (AvgIpc) is 2.69. The average molecular weight is 269 g/mol. The molecule has 1 fully saturated rings. The first kappa shape index (κ1) is 10.6. The predicted octanol–water partition coefficient (Wildman–Crippen LogP) is 2.39. The van der Waals surface area contributed by atoms with Crippen LogP contribution in [0.25, 0.3) is 0 Å². The smallest absolute Gasteiger partial charge is 0.273 e. The van der Waals surface area contributed by atoms with Gasteiger partial charge in [-0.15, -0.1) is 0 Å². The first-order chi connectivity index (χ1) is 7.18. The molecule has 0 aliphatic carbocycles. The summed E-state index contributed by atoms with van der Waals surface area (Å²) in [4.78, 5) is 18.1. The van der Waals surface area contributed by atoms with Crippen molar-refractivity contribution in [2.24, 2.45) is 0 Å². The predicted molar refractivity (Wildman–Crippen MR) is 61.8 cm³/mol. The van der Waals surface area contributed by atoms with Crippen LogP contribution in [-0.4, -0.2) is 28.9 Å². The fourth-order valence-electron chi connectivity index (χ4n) is 1.76. The highest BCUT2D eigenvalue weighted by Crippen LogP contribution is 2.19. The molecule has 0 saturated carbocycles. The van der Waals surface area contributed by atoms with Gasteiger partial charge in [0.15, 0.2) is 0 Å². The summed E-state index contributed by atoms with van der Waals surface area (Å²) in [5.41, 5.74) is 1.59. The number of aromatic nitrogens is 1. The van der Waals surface area contributed by atoms with Gasteiger partial charge in [0.25, 0.3) is 5.91 Å². The quantitative estimate of drug-likeness (QED) is 0.784. The Bertz CT molecular complexity index is 386. The van der Waals surface area contributed by atoms with Gasteiger partial charge < -0.3 is 4.90 Å². The van der Waals surface area contributed by atoms with E-state index >= 15 is 0 Å². The SMILES string of the molecule is Cc1cnc(C(=O)N2CCCC2)c(Br)c1. The highest BCUT2D eigenvalue weighted by molar-refractivity contribution is 9.10. The van der Waals surface area contributed by atoms with Gasteiger partial charge in [-0.1, -0.05) is 0 Å². The van der Waals surface area contributed by atoms with Gasteiger partial charge in [-0.2, -0.15) is 0 Å². The van der Waals surface area contributed by atoms with Crippen LogP contribution in [0, 0.1) is 6.92 Å². The van der Waals surface area contributed by atoms with Crippen molar-refractivity contribution in [2.45, 2.75) is 19.8 Å². The molecular formula is C11H13BrN2O. The molecule has 0 spiro atoms. The lowest BCUT2D eigenvalue weighted by Gasteiger charge is -2.15. The molecule has 1 saturated heterocycles. The van der Waals surface area contributed by atoms with E-state index in [2.05, 4.69) is 20.9 Å². The van der Waals surface area contributed by atoms with Crippen LogP contribution in [0.3, 0.4) is 0 Å². The molecule has 0 aromatic carbocycles. The van der Waals surface area contributed by atoms with Gasteiger partial charge in [-0.05, 0) is 47.3 Å². The maximum atomic E-state index is 12.0. The highest BCUT2D eigenvalue weighted by atomic mass is 79.9. The lowest BCUT2D eigenvalue weighted by molar-refractivity contribution is 0.0786. The second-order valence-corrected chi connectivity index (χ2v) is 4.70. The fourth-order valence-corrected chi connectivity index (χ4v) is 2.39. The van der Waals surface area contributed by atoms with Gasteiger partial charge in [0.1, 0.15) is 5.69 Å².